The van der Waals surface area contributed by atoms with E-state index >= 15 is 0 Å². The molecule has 0 saturated heterocycles. The van der Waals surface area contributed by atoms with Gasteiger partial charge in [-0.1, -0.05) is 74.5 Å². The second kappa shape index (κ2) is 14.7. The summed E-state index contributed by atoms with van der Waals surface area (Å²) >= 11 is 5.87. The lowest BCUT2D eigenvalue weighted by Gasteiger charge is -2.32. The van der Waals surface area contributed by atoms with Crippen molar-refractivity contribution in [2.45, 2.75) is 50.8 Å². The number of carbonyl (C=O) groups excluding carboxylic acids is 4. The minimum absolute atomic E-state index is 0.215. The monoisotopic (exact) mass is 619 g/mol. The van der Waals surface area contributed by atoms with E-state index in [-0.39, 0.29) is 18.9 Å². The quantitative estimate of drug-likeness (QED) is 0.164. The Morgan fingerprint density at radius 2 is 1.50 bits per heavy atom. The largest absolute Gasteiger partial charge is 0.436 e. The Balaban J connectivity index is 1.49. The number of fused-ring (bicyclic) bond motifs is 3. The Hall–Kier alpha value is -4.57. The average Bonchev–Trinajstić information content (AvgIpc) is 3.32. The highest BCUT2D eigenvalue weighted by Gasteiger charge is 2.37. The van der Waals surface area contributed by atoms with E-state index in [1.807, 2.05) is 62.4 Å². The first-order valence-electron chi connectivity index (χ1n) is 14.5. The van der Waals surface area contributed by atoms with Gasteiger partial charge in [0.05, 0.1) is 0 Å². The van der Waals surface area contributed by atoms with Crippen molar-refractivity contribution in [2.24, 2.45) is 11.7 Å². The molecule has 11 heteroatoms. The number of hydrogen-bond donors (Lipinski definition) is 4. The number of nitrogens with one attached hydrogen (secondary N) is 3. The molecular weight excluding hydrogens is 582 g/mol. The van der Waals surface area contributed by atoms with E-state index in [9.17, 15) is 19.2 Å². The zero-order chi connectivity index (χ0) is 31.8. The van der Waals surface area contributed by atoms with Crippen molar-refractivity contribution in [3.05, 3.63) is 89.5 Å². The number of nitrogens with zero attached hydrogens (tertiary/aromatic N) is 1. The molecule has 0 aliphatic heterocycles. The molecule has 5 N–H and O–H groups in total. The Kier molecular flexibility index (Phi) is 10.8. The molecule has 4 rings (SSSR count). The van der Waals surface area contributed by atoms with Crippen LogP contribution in [0, 0.1) is 5.92 Å². The van der Waals surface area contributed by atoms with Crippen LogP contribution in [0.1, 0.15) is 49.5 Å². The lowest BCUT2D eigenvalue weighted by Crippen LogP contribution is -2.55. The molecule has 2 atom stereocenters. The zero-order valence-electron chi connectivity index (χ0n) is 25.0. The molecule has 1 aliphatic carbocycles. The number of carbonyl (C=O) groups is 4. The molecule has 0 heterocycles. The predicted molar refractivity (Wildman–Crippen MR) is 170 cm³/mol. The highest BCUT2D eigenvalue weighted by molar-refractivity contribution is 6.17. The summed E-state index contributed by atoms with van der Waals surface area (Å²) in [5.41, 5.74) is 10.3. The first-order chi connectivity index (χ1) is 21.1. The van der Waals surface area contributed by atoms with E-state index in [0.717, 1.165) is 27.8 Å². The molecule has 0 fully saturated rings. The van der Waals surface area contributed by atoms with E-state index in [0.29, 0.717) is 18.0 Å². The van der Waals surface area contributed by atoms with Crippen molar-refractivity contribution >= 4 is 41.2 Å². The van der Waals surface area contributed by atoms with Gasteiger partial charge in [0.2, 0.25) is 11.8 Å². The zero-order valence-corrected chi connectivity index (χ0v) is 25.8. The number of hydrogen-bond acceptors (Lipinski definition) is 5. The van der Waals surface area contributed by atoms with Gasteiger partial charge in [0.25, 0.3) is 0 Å². The molecule has 10 nitrogen and oxygen atoms in total. The van der Waals surface area contributed by atoms with Gasteiger partial charge in [-0.15, -0.1) is 11.6 Å². The normalized spacial score (nSPS) is 13.3. The van der Waals surface area contributed by atoms with Gasteiger partial charge >= 0.3 is 12.1 Å². The maximum Gasteiger partial charge on any atom is 0.411 e. The number of halogens is 1. The second-order valence-electron chi connectivity index (χ2n) is 11.1. The second-order valence-corrected chi connectivity index (χ2v) is 11.3. The van der Waals surface area contributed by atoms with Gasteiger partial charge < -0.3 is 26.4 Å². The van der Waals surface area contributed by atoms with Crippen LogP contribution in [-0.2, 0) is 20.2 Å². The Labute approximate surface area is 262 Å². The highest BCUT2D eigenvalue weighted by atomic mass is 35.5. The number of urea groups is 1. The molecule has 0 aromatic heterocycles. The van der Waals surface area contributed by atoms with E-state index < -0.39 is 42.1 Å². The van der Waals surface area contributed by atoms with Crippen LogP contribution < -0.4 is 21.7 Å². The summed E-state index contributed by atoms with van der Waals surface area (Å²) in [6, 6.07) is 20.0. The van der Waals surface area contributed by atoms with Crippen LogP contribution in [0.15, 0.2) is 72.8 Å². The summed E-state index contributed by atoms with van der Waals surface area (Å²) in [5, 5.41) is 8.14. The molecule has 0 bridgehead atoms. The smallest absolute Gasteiger partial charge is 0.411 e. The number of likely N-dealkylation sites (N-methyl/N-ethyl adjacent to an activating group) is 1. The van der Waals surface area contributed by atoms with Crippen molar-refractivity contribution in [1.82, 2.24) is 15.5 Å². The van der Waals surface area contributed by atoms with Crippen molar-refractivity contribution in [3.63, 3.8) is 0 Å². The third-order valence-corrected chi connectivity index (χ3v) is 7.89. The maximum absolute atomic E-state index is 13.7. The lowest BCUT2D eigenvalue weighted by molar-refractivity contribution is -0.131. The van der Waals surface area contributed by atoms with Crippen molar-refractivity contribution < 1.29 is 23.9 Å². The first-order valence-corrected chi connectivity index (χ1v) is 15.0. The van der Waals surface area contributed by atoms with Crippen LogP contribution in [0.4, 0.5) is 15.3 Å². The van der Waals surface area contributed by atoms with Crippen molar-refractivity contribution in [1.29, 1.82) is 0 Å². The van der Waals surface area contributed by atoms with Gasteiger partial charge in [0, 0.05) is 36.3 Å². The number of ether oxygens (including phenoxy) is 1. The van der Waals surface area contributed by atoms with Crippen LogP contribution in [0.5, 0.6) is 0 Å². The van der Waals surface area contributed by atoms with Gasteiger partial charge in [-0.05, 0) is 47.6 Å². The van der Waals surface area contributed by atoms with Gasteiger partial charge in [-0.25, -0.2) is 9.59 Å². The summed E-state index contributed by atoms with van der Waals surface area (Å²) < 4.78 is 6.03. The molecule has 44 heavy (non-hydrogen) atoms. The molecule has 0 radical (unpaired) electrons. The average molecular weight is 620 g/mol. The summed E-state index contributed by atoms with van der Waals surface area (Å²) in [5.74, 6) is -0.916. The van der Waals surface area contributed by atoms with Crippen molar-refractivity contribution in [3.8, 4) is 11.1 Å². The fraction of sp³-hybridized carbons (Fsp3) is 0.333. The van der Waals surface area contributed by atoms with E-state index in [4.69, 9.17) is 22.1 Å². The SMILES string of the molecule is CC(C)[C@@H](C(=O)N[C@@H](CCCNC(N)=O)C(=O)Nc1ccc(CCl)cc1)N(C)C(=O)OC1c2ccccc2-c2ccccc21. The summed E-state index contributed by atoms with van der Waals surface area (Å²) in [6.45, 7) is 3.86. The number of benzene rings is 3. The molecule has 0 spiro atoms. The molecule has 232 valence electrons. The summed E-state index contributed by atoms with van der Waals surface area (Å²) in [4.78, 5) is 53.0. The van der Waals surface area contributed by atoms with Gasteiger partial charge in [0.1, 0.15) is 12.1 Å². The maximum atomic E-state index is 13.7. The lowest BCUT2D eigenvalue weighted by atomic mass is 10.0. The Bertz CT molecular complexity index is 1450. The topological polar surface area (TPSA) is 143 Å². The van der Waals surface area contributed by atoms with Crippen LogP contribution >= 0.6 is 11.6 Å². The van der Waals surface area contributed by atoms with E-state index in [2.05, 4.69) is 16.0 Å². The molecule has 0 saturated carbocycles. The van der Waals surface area contributed by atoms with Gasteiger partial charge in [0.15, 0.2) is 6.10 Å². The van der Waals surface area contributed by atoms with Crippen molar-refractivity contribution in [2.75, 3.05) is 18.9 Å². The van der Waals surface area contributed by atoms with E-state index in [1.165, 1.54) is 11.9 Å². The number of anilines is 1. The molecule has 3 aromatic carbocycles. The summed E-state index contributed by atoms with van der Waals surface area (Å²) in [6.07, 6.45) is -0.695. The molecule has 3 aromatic rings. The number of amides is 5. The summed E-state index contributed by atoms with van der Waals surface area (Å²) in [7, 11) is 1.52. The van der Waals surface area contributed by atoms with Crippen LogP contribution in [0.25, 0.3) is 11.1 Å². The number of rotatable bonds is 12. The molecule has 5 amide bonds. The third kappa shape index (κ3) is 7.68. The fourth-order valence-electron chi connectivity index (χ4n) is 5.41. The minimum atomic E-state index is -0.955. The molecule has 1 aliphatic rings. The van der Waals surface area contributed by atoms with Gasteiger partial charge in [-0.3, -0.25) is 14.5 Å². The minimum Gasteiger partial charge on any atom is -0.436 e. The van der Waals surface area contributed by atoms with E-state index in [1.54, 1.807) is 24.3 Å². The number of alkyl halides is 1. The first kappa shape index (κ1) is 32.3. The van der Waals surface area contributed by atoms with Crippen LogP contribution in [0.3, 0.4) is 0 Å². The standard InChI is InChI=1S/C33H38ClN5O5/c1-20(2)28(39(3)33(43)44-29-25-11-6-4-9-23(25)24-10-5-7-12-26(24)29)31(41)38-27(13-8-18-36-32(35)42)30(40)37-22-16-14-21(19-34)15-17-22/h4-7,9-12,14-17,20,27-29H,8,13,18-19H2,1-3H3,(H,37,40)(H,38,41)(H3,35,36,42)/t27-,28-/m0/s1. The Morgan fingerprint density at radius 3 is 2.05 bits per heavy atom. The third-order valence-electron chi connectivity index (χ3n) is 7.58. The molecule has 0 unspecified atom stereocenters. The fourth-order valence-corrected chi connectivity index (χ4v) is 5.59. The molecular formula is C33H38ClN5O5. The van der Waals surface area contributed by atoms with Gasteiger partial charge in [-0.2, -0.15) is 0 Å². The number of primary amides is 1. The van der Waals surface area contributed by atoms with Crippen LogP contribution in [-0.4, -0.2) is 54.5 Å². The highest BCUT2D eigenvalue weighted by Crippen LogP contribution is 2.45. The van der Waals surface area contributed by atoms with Crippen LogP contribution in [0.2, 0.25) is 0 Å². The predicted octanol–water partition coefficient (Wildman–Crippen LogP) is 5.16. The number of nitrogens with two attached hydrogens (primary N) is 1. The Morgan fingerprint density at radius 1 is 0.909 bits per heavy atom.